The summed E-state index contributed by atoms with van der Waals surface area (Å²) < 4.78 is 5.77. The fourth-order valence-electron chi connectivity index (χ4n) is 2.86. The number of carboxylic acid groups (broad SMARTS) is 1. The van der Waals surface area contributed by atoms with Gasteiger partial charge in [0, 0.05) is 17.5 Å². The van der Waals surface area contributed by atoms with E-state index in [-0.39, 0.29) is 5.60 Å². The van der Waals surface area contributed by atoms with Gasteiger partial charge in [0.1, 0.15) is 0 Å². The second-order valence-corrected chi connectivity index (χ2v) is 5.91. The Balaban J connectivity index is 2.06. The summed E-state index contributed by atoms with van der Waals surface area (Å²) >= 11 is 0. The Morgan fingerprint density at radius 3 is 2.85 bits per heavy atom. The summed E-state index contributed by atoms with van der Waals surface area (Å²) in [7, 11) is 0. The third-order valence-electron chi connectivity index (χ3n) is 3.88. The predicted octanol–water partition coefficient (Wildman–Crippen LogP) is 3.22. The predicted molar refractivity (Wildman–Crippen MR) is 76.1 cm³/mol. The van der Waals surface area contributed by atoms with Crippen LogP contribution in [0.1, 0.15) is 42.1 Å². The number of hydrogen-bond acceptors (Lipinski definition) is 3. The van der Waals surface area contributed by atoms with Gasteiger partial charge in [-0.3, -0.25) is 4.98 Å². The zero-order valence-corrected chi connectivity index (χ0v) is 11.6. The Morgan fingerprint density at radius 1 is 1.40 bits per heavy atom. The molecule has 0 radical (unpaired) electrons. The van der Waals surface area contributed by atoms with Crippen molar-refractivity contribution in [2.75, 3.05) is 6.61 Å². The molecule has 20 heavy (non-hydrogen) atoms. The second-order valence-electron chi connectivity index (χ2n) is 5.91. The number of nitrogens with zero attached hydrogens (tertiary/aromatic N) is 1. The van der Waals surface area contributed by atoms with Crippen LogP contribution in [0.3, 0.4) is 0 Å². The SMILES string of the molecule is CC1(C)C[C@H](c2ccc3nccc(C(=O)O)c3c2)CO1. The van der Waals surface area contributed by atoms with Crippen LogP contribution < -0.4 is 0 Å². The number of rotatable bonds is 2. The lowest BCUT2D eigenvalue weighted by atomic mass is 9.90. The van der Waals surface area contributed by atoms with Gasteiger partial charge in [0.25, 0.3) is 0 Å². The third-order valence-corrected chi connectivity index (χ3v) is 3.88. The number of hydrogen-bond donors (Lipinski definition) is 1. The van der Waals surface area contributed by atoms with E-state index in [4.69, 9.17) is 4.74 Å². The van der Waals surface area contributed by atoms with Crippen LogP contribution in [0.25, 0.3) is 10.9 Å². The first kappa shape index (κ1) is 13.1. The van der Waals surface area contributed by atoms with Gasteiger partial charge in [-0.25, -0.2) is 4.79 Å². The van der Waals surface area contributed by atoms with Crippen molar-refractivity contribution < 1.29 is 14.6 Å². The molecule has 1 N–H and O–H groups in total. The number of benzene rings is 1. The first-order valence-corrected chi connectivity index (χ1v) is 6.72. The van der Waals surface area contributed by atoms with Gasteiger partial charge in [0.2, 0.25) is 0 Å². The lowest BCUT2D eigenvalue weighted by Crippen LogP contribution is -2.16. The number of ether oxygens (including phenoxy) is 1. The molecule has 0 spiro atoms. The standard InChI is InChI=1S/C16H17NO3/c1-16(2)8-11(9-20-16)10-3-4-14-13(7-10)12(15(18)19)5-6-17-14/h3-7,11H,8-9H2,1-2H3,(H,18,19)/t11-/m0/s1. The molecular formula is C16H17NO3. The molecule has 0 unspecified atom stereocenters. The number of carbonyl (C=O) groups is 1. The average molecular weight is 271 g/mol. The van der Waals surface area contributed by atoms with Gasteiger partial charge in [-0.05, 0) is 44.0 Å². The fourth-order valence-corrected chi connectivity index (χ4v) is 2.86. The van der Waals surface area contributed by atoms with Crippen molar-refractivity contribution in [3.63, 3.8) is 0 Å². The molecule has 1 aromatic carbocycles. The highest BCUT2D eigenvalue weighted by Gasteiger charge is 2.32. The molecular weight excluding hydrogens is 254 g/mol. The molecule has 4 heteroatoms. The quantitative estimate of drug-likeness (QED) is 0.911. The van der Waals surface area contributed by atoms with Gasteiger partial charge in [0.05, 0.1) is 23.3 Å². The highest BCUT2D eigenvalue weighted by atomic mass is 16.5. The van der Waals surface area contributed by atoms with Crippen LogP contribution in [-0.2, 0) is 4.74 Å². The Hall–Kier alpha value is -1.94. The fraction of sp³-hybridized carbons (Fsp3) is 0.375. The van der Waals surface area contributed by atoms with E-state index in [0.717, 1.165) is 12.0 Å². The van der Waals surface area contributed by atoms with Crippen LogP contribution in [0.2, 0.25) is 0 Å². The molecule has 2 aromatic rings. The Bertz CT molecular complexity index is 678. The summed E-state index contributed by atoms with van der Waals surface area (Å²) in [6, 6.07) is 7.41. The van der Waals surface area contributed by atoms with Gasteiger partial charge in [0.15, 0.2) is 0 Å². The maximum Gasteiger partial charge on any atom is 0.336 e. The van der Waals surface area contributed by atoms with Crippen molar-refractivity contribution in [3.05, 3.63) is 41.6 Å². The van der Waals surface area contributed by atoms with E-state index in [1.54, 1.807) is 6.07 Å². The van der Waals surface area contributed by atoms with E-state index in [2.05, 4.69) is 18.8 Å². The highest BCUT2D eigenvalue weighted by Crippen LogP contribution is 2.37. The van der Waals surface area contributed by atoms with E-state index in [1.807, 2.05) is 18.2 Å². The maximum atomic E-state index is 11.3. The first-order chi connectivity index (χ1) is 9.46. The third kappa shape index (κ3) is 2.27. The van der Waals surface area contributed by atoms with Gasteiger partial charge in [-0.2, -0.15) is 0 Å². The van der Waals surface area contributed by atoms with Gasteiger partial charge in [-0.15, -0.1) is 0 Å². The van der Waals surface area contributed by atoms with Crippen molar-refractivity contribution in [1.82, 2.24) is 4.98 Å². The molecule has 104 valence electrons. The van der Waals surface area contributed by atoms with Crippen LogP contribution >= 0.6 is 0 Å². The molecule has 0 bridgehead atoms. The minimum Gasteiger partial charge on any atom is -0.478 e. The van der Waals surface area contributed by atoms with Crippen LogP contribution in [0.5, 0.6) is 0 Å². The van der Waals surface area contributed by atoms with Crippen molar-refractivity contribution in [2.45, 2.75) is 31.8 Å². The topological polar surface area (TPSA) is 59.4 Å². The van der Waals surface area contributed by atoms with Gasteiger partial charge < -0.3 is 9.84 Å². The van der Waals surface area contributed by atoms with Crippen LogP contribution in [-0.4, -0.2) is 28.3 Å². The number of aromatic carboxylic acids is 1. The van der Waals surface area contributed by atoms with Crippen molar-refractivity contribution >= 4 is 16.9 Å². The Morgan fingerprint density at radius 2 is 2.20 bits per heavy atom. The molecule has 0 amide bonds. The summed E-state index contributed by atoms with van der Waals surface area (Å²) in [5.74, 6) is -0.603. The number of carboxylic acids is 1. The van der Waals surface area contributed by atoms with Crippen molar-refractivity contribution in [1.29, 1.82) is 0 Å². The molecule has 1 saturated heterocycles. The molecule has 1 atom stereocenters. The highest BCUT2D eigenvalue weighted by molar-refractivity contribution is 6.02. The molecule has 2 heterocycles. The summed E-state index contributed by atoms with van der Waals surface area (Å²) in [5, 5.41) is 9.97. The summed E-state index contributed by atoms with van der Waals surface area (Å²) in [5.41, 5.74) is 2.03. The van der Waals surface area contributed by atoms with E-state index < -0.39 is 5.97 Å². The Kier molecular flexibility index (Phi) is 2.98. The lowest BCUT2D eigenvalue weighted by molar-refractivity contribution is 0.0361. The Labute approximate surface area is 117 Å². The lowest BCUT2D eigenvalue weighted by Gasteiger charge is -2.16. The molecule has 1 aromatic heterocycles. The summed E-state index contributed by atoms with van der Waals surface area (Å²) in [6.07, 6.45) is 2.48. The largest absolute Gasteiger partial charge is 0.478 e. The number of fused-ring (bicyclic) bond motifs is 1. The molecule has 1 aliphatic heterocycles. The molecule has 1 fully saturated rings. The molecule has 3 rings (SSSR count). The number of pyridine rings is 1. The minimum atomic E-state index is -0.919. The normalized spacial score (nSPS) is 21.2. The van der Waals surface area contributed by atoms with E-state index in [1.165, 1.54) is 6.20 Å². The molecule has 0 saturated carbocycles. The van der Waals surface area contributed by atoms with Crippen LogP contribution in [0.15, 0.2) is 30.5 Å². The van der Waals surface area contributed by atoms with Gasteiger partial charge >= 0.3 is 5.97 Å². The monoisotopic (exact) mass is 271 g/mol. The zero-order chi connectivity index (χ0) is 14.3. The average Bonchev–Trinajstić information content (AvgIpc) is 2.77. The maximum absolute atomic E-state index is 11.3. The van der Waals surface area contributed by atoms with Crippen molar-refractivity contribution in [2.24, 2.45) is 0 Å². The van der Waals surface area contributed by atoms with Crippen LogP contribution in [0, 0.1) is 0 Å². The summed E-state index contributed by atoms with van der Waals surface area (Å²) in [4.78, 5) is 15.5. The molecule has 4 nitrogen and oxygen atoms in total. The molecule has 1 aliphatic rings. The smallest absolute Gasteiger partial charge is 0.336 e. The van der Waals surface area contributed by atoms with Gasteiger partial charge in [-0.1, -0.05) is 6.07 Å². The number of aromatic nitrogens is 1. The van der Waals surface area contributed by atoms with Crippen LogP contribution in [0.4, 0.5) is 0 Å². The van der Waals surface area contributed by atoms with E-state index in [9.17, 15) is 9.90 Å². The first-order valence-electron chi connectivity index (χ1n) is 6.72. The van der Waals surface area contributed by atoms with Crippen molar-refractivity contribution in [3.8, 4) is 0 Å². The molecule has 0 aliphatic carbocycles. The van der Waals surface area contributed by atoms with E-state index >= 15 is 0 Å². The zero-order valence-electron chi connectivity index (χ0n) is 11.6. The summed E-state index contributed by atoms with van der Waals surface area (Å²) in [6.45, 7) is 4.84. The van der Waals surface area contributed by atoms with E-state index in [0.29, 0.717) is 29.0 Å². The second kappa shape index (κ2) is 4.56. The minimum absolute atomic E-state index is 0.107.